The smallest absolute Gasteiger partial charge is 0.241 e. The molecule has 2 unspecified atom stereocenters. The summed E-state index contributed by atoms with van der Waals surface area (Å²) < 4.78 is 0. The Morgan fingerprint density at radius 2 is 2.22 bits per heavy atom. The Morgan fingerprint density at radius 3 is 2.83 bits per heavy atom. The van der Waals surface area contributed by atoms with Crippen LogP contribution in [0.5, 0.6) is 0 Å². The number of amides is 2. The van der Waals surface area contributed by atoms with Crippen molar-refractivity contribution in [3.05, 3.63) is 0 Å². The lowest BCUT2D eigenvalue weighted by Crippen LogP contribution is -2.62. The van der Waals surface area contributed by atoms with Crippen LogP contribution in [-0.4, -0.2) is 73.5 Å². The second kappa shape index (κ2) is 5.67. The van der Waals surface area contributed by atoms with Gasteiger partial charge in [0.1, 0.15) is 6.04 Å². The van der Waals surface area contributed by atoms with Gasteiger partial charge in [0, 0.05) is 32.2 Å². The van der Waals surface area contributed by atoms with Crippen LogP contribution in [-0.2, 0) is 9.59 Å². The Balaban J connectivity index is 1.91. The lowest BCUT2D eigenvalue weighted by Gasteiger charge is -2.40. The molecule has 2 fully saturated rings. The van der Waals surface area contributed by atoms with Crippen molar-refractivity contribution in [2.24, 2.45) is 0 Å². The first kappa shape index (κ1) is 13.3. The lowest BCUT2D eigenvalue weighted by atomic mass is 10.1. The first-order valence-corrected chi connectivity index (χ1v) is 6.61. The van der Waals surface area contributed by atoms with E-state index in [1.165, 1.54) is 0 Å². The van der Waals surface area contributed by atoms with Crippen LogP contribution in [0.1, 0.15) is 13.3 Å². The summed E-state index contributed by atoms with van der Waals surface area (Å²) in [6, 6.07) is 0.185. The number of carbonyl (C=O) groups is 2. The number of rotatable bonds is 2. The Hall–Kier alpha value is -1.14. The molecule has 2 rings (SSSR count). The van der Waals surface area contributed by atoms with Crippen molar-refractivity contribution in [2.75, 3.05) is 39.8 Å². The van der Waals surface area contributed by atoms with E-state index in [-0.39, 0.29) is 24.4 Å². The van der Waals surface area contributed by atoms with E-state index in [9.17, 15) is 9.59 Å². The molecule has 0 aromatic heterocycles. The monoisotopic (exact) mass is 254 g/mol. The number of nitrogens with one attached hydrogen (secondary N) is 2. The molecule has 6 heteroatoms. The molecule has 2 saturated heterocycles. The van der Waals surface area contributed by atoms with Gasteiger partial charge < -0.3 is 10.2 Å². The highest BCUT2D eigenvalue weighted by Gasteiger charge is 2.32. The van der Waals surface area contributed by atoms with Crippen molar-refractivity contribution in [2.45, 2.75) is 25.4 Å². The van der Waals surface area contributed by atoms with Gasteiger partial charge in [0.15, 0.2) is 0 Å². The standard InChI is InChI=1S/C12H22N4O2/c1-3-9-8-16(5-4-15(9)2)12(18)10-6-14-11(17)7-13-10/h9-10,13H,3-8H2,1-2H3,(H,14,17). The van der Waals surface area contributed by atoms with Gasteiger partial charge in [-0.15, -0.1) is 0 Å². The molecule has 2 amide bonds. The average Bonchev–Trinajstić information content (AvgIpc) is 2.39. The number of carbonyl (C=O) groups excluding carboxylic acids is 2. The molecule has 0 saturated carbocycles. The topological polar surface area (TPSA) is 64.7 Å². The van der Waals surface area contributed by atoms with Gasteiger partial charge in [-0.25, -0.2) is 0 Å². The zero-order valence-electron chi connectivity index (χ0n) is 11.1. The summed E-state index contributed by atoms with van der Waals surface area (Å²) in [4.78, 5) is 27.6. The molecule has 102 valence electrons. The molecule has 0 bridgehead atoms. The van der Waals surface area contributed by atoms with Crippen molar-refractivity contribution in [3.63, 3.8) is 0 Å². The summed E-state index contributed by atoms with van der Waals surface area (Å²) in [5.74, 6) is 0.0745. The van der Waals surface area contributed by atoms with Crippen molar-refractivity contribution in [1.82, 2.24) is 20.4 Å². The van der Waals surface area contributed by atoms with Crippen molar-refractivity contribution in [3.8, 4) is 0 Å². The molecule has 2 aliphatic rings. The van der Waals surface area contributed by atoms with Crippen molar-refractivity contribution < 1.29 is 9.59 Å². The number of hydrogen-bond donors (Lipinski definition) is 2. The maximum atomic E-state index is 12.3. The second-order valence-electron chi connectivity index (χ2n) is 5.06. The third kappa shape index (κ3) is 2.81. The largest absolute Gasteiger partial charge is 0.353 e. The van der Waals surface area contributed by atoms with E-state index in [0.717, 1.165) is 26.1 Å². The van der Waals surface area contributed by atoms with Gasteiger partial charge in [0.2, 0.25) is 11.8 Å². The summed E-state index contributed by atoms with van der Waals surface area (Å²) in [6.45, 7) is 5.27. The van der Waals surface area contributed by atoms with Gasteiger partial charge in [0.25, 0.3) is 0 Å². The van der Waals surface area contributed by atoms with E-state index in [1.54, 1.807) is 0 Å². The molecule has 2 N–H and O–H groups in total. The number of piperazine rings is 2. The van der Waals surface area contributed by atoms with E-state index < -0.39 is 0 Å². The fraction of sp³-hybridized carbons (Fsp3) is 0.833. The summed E-state index contributed by atoms with van der Waals surface area (Å²) in [5, 5.41) is 5.72. The SMILES string of the molecule is CCC1CN(C(=O)C2CNC(=O)CN2)CCN1C. The lowest BCUT2D eigenvalue weighted by molar-refractivity contribution is -0.137. The van der Waals surface area contributed by atoms with Crippen molar-refractivity contribution >= 4 is 11.8 Å². The quantitative estimate of drug-likeness (QED) is 0.638. The van der Waals surface area contributed by atoms with Gasteiger partial charge in [-0.1, -0.05) is 6.92 Å². The van der Waals surface area contributed by atoms with E-state index in [1.807, 2.05) is 4.90 Å². The average molecular weight is 254 g/mol. The molecule has 0 spiro atoms. The predicted octanol–water partition coefficient (Wildman–Crippen LogP) is -1.37. The maximum absolute atomic E-state index is 12.3. The predicted molar refractivity (Wildman–Crippen MR) is 68.1 cm³/mol. The highest BCUT2D eigenvalue weighted by molar-refractivity contribution is 5.86. The molecule has 2 aliphatic heterocycles. The molecule has 0 aromatic rings. The summed E-state index contributed by atoms with van der Waals surface area (Å²) in [7, 11) is 2.11. The van der Waals surface area contributed by atoms with Crippen LogP contribution in [0.3, 0.4) is 0 Å². The van der Waals surface area contributed by atoms with E-state index in [2.05, 4.69) is 29.5 Å². The van der Waals surface area contributed by atoms with E-state index in [4.69, 9.17) is 0 Å². The Morgan fingerprint density at radius 1 is 1.44 bits per heavy atom. The van der Waals surface area contributed by atoms with Gasteiger partial charge >= 0.3 is 0 Å². The van der Waals surface area contributed by atoms with Gasteiger partial charge in [-0.3, -0.25) is 19.8 Å². The number of nitrogens with zero attached hydrogens (tertiary/aromatic N) is 2. The third-order valence-corrected chi connectivity index (χ3v) is 3.87. The van der Waals surface area contributed by atoms with Crippen LogP contribution < -0.4 is 10.6 Å². The van der Waals surface area contributed by atoms with Gasteiger partial charge in [0.05, 0.1) is 6.54 Å². The van der Waals surface area contributed by atoms with Crippen LogP contribution in [0.4, 0.5) is 0 Å². The summed E-state index contributed by atoms with van der Waals surface area (Å²) in [5.41, 5.74) is 0. The van der Waals surface area contributed by atoms with Crippen LogP contribution in [0.2, 0.25) is 0 Å². The molecule has 18 heavy (non-hydrogen) atoms. The highest BCUT2D eigenvalue weighted by Crippen LogP contribution is 2.12. The minimum atomic E-state index is -0.261. The Kier molecular flexibility index (Phi) is 4.19. The third-order valence-electron chi connectivity index (χ3n) is 3.87. The van der Waals surface area contributed by atoms with Crippen LogP contribution in [0.15, 0.2) is 0 Å². The molecule has 6 nitrogen and oxygen atoms in total. The van der Waals surface area contributed by atoms with Crippen LogP contribution in [0.25, 0.3) is 0 Å². The molecular weight excluding hydrogens is 232 g/mol. The van der Waals surface area contributed by atoms with Crippen LogP contribution in [0, 0.1) is 0 Å². The zero-order valence-corrected chi connectivity index (χ0v) is 11.1. The summed E-state index contributed by atoms with van der Waals surface area (Å²) >= 11 is 0. The Bertz CT molecular complexity index is 324. The summed E-state index contributed by atoms with van der Waals surface area (Å²) in [6.07, 6.45) is 1.05. The first-order valence-electron chi connectivity index (χ1n) is 6.61. The minimum absolute atomic E-state index is 0.0381. The van der Waals surface area contributed by atoms with Gasteiger partial charge in [-0.05, 0) is 13.5 Å². The fourth-order valence-corrected chi connectivity index (χ4v) is 2.55. The number of hydrogen-bond acceptors (Lipinski definition) is 4. The fourth-order valence-electron chi connectivity index (χ4n) is 2.55. The highest BCUT2D eigenvalue weighted by atomic mass is 16.2. The normalized spacial score (nSPS) is 30.1. The first-order chi connectivity index (χ1) is 8.61. The minimum Gasteiger partial charge on any atom is -0.353 e. The maximum Gasteiger partial charge on any atom is 0.241 e. The molecule has 2 atom stereocenters. The van der Waals surface area contributed by atoms with E-state index >= 15 is 0 Å². The van der Waals surface area contributed by atoms with Gasteiger partial charge in [-0.2, -0.15) is 0 Å². The van der Waals surface area contributed by atoms with Crippen molar-refractivity contribution in [1.29, 1.82) is 0 Å². The molecule has 0 radical (unpaired) electrons. The second-order valence-corrected chi connectivity index (χ2v) is 5.06. The Labute approximate surface area is 108 Å². The molecular formula is C12H22N4O2. The number of likely N-dealkylation sites (N-methyl/N-ethyl adjacent to an activating group) is 1. The zero-order chi connectivity index (χ0) is 13.1. The van der Waals surface area contributed by atoms with Crippen LogP contribution >= 0.6 is 0 Å². The molecule has 0 aliphatic carbocycles. The van der Waals surface area contributed by atoms with E-state index in [0.29, 0.717) is 12.6 Å². The molecule has 2 heterocycles. The molecule has 0 aromatic carbocycles.